The normalized spacial score (nSPS) is 23.7. The van der Waals surface area contributed by atoms with Crippen molar-refractivity contribution < 1.29 is 0 Å². The van der Waals surface area contributed by atoms with E-state index >= 15 is 0 Å². The molecule has 0 spiro atoms. The Morgan fingerprint density at radius 3 is 2.85 bits per heavy atom. The first-order valence-electron chi connectivity index (χ1n) is 8.25. The summed E-state index contributed by atoms with van der Waals surface area (Å²) in [6, 6.07) is 2.79. The van der Waals surface area contributed by atoms with Crippen LogP contribution in [0.3, 0.4) is 0 Å². The topological polar surface area (TPSA) is 29.9 Å². The van der Waals surface area contributed by atoms with Crippen molar-refractivity contribution in [1.82, 2.24) is 15.1 Å². The highest BCUT2D eigenvalue weighted by atomic mass is 15.2. The van der Waals surface area contributed by atoms with Crippen molar-refractivity contribution in [3.8, 4) is 0 Å². The van der Waals surface area contributed by atoms with Gasteiger partial charge in [0.15, 0.2) is 0 Å². The minimum atomic E-state index is 0.484. The van der Waals surface area contributed by atoms with E-state index in [0.29, 0.717) is 11.5 Å². The molecule has 114 valence electrons. The molecule has 3 nitrogen and oxygen atoms in total. The first-order valence-corrected chi connectivity index (χ1v) is 8.25. The molecule has 2 atom stereocenters. The zero-order chi connectivity index (χ0) is 14.6. The van der Waals surface area contributed by atoms with Gasteiger partial charge in [0.1, 0.15) is 0 Å². The van der Waals surface area contributed by atoms with Crippen LogP contribution in [0.25, 0.3) is 0 Å². The van der Waals surface area contributed by atoms with E-state index < -0.39 is 0 Å². The van der Waals surface area contributed by atoms with Gasteiger partial charge in [0.05, 0.1) is 0 Å². The molecule has 1 fully saturated rings. The molecule has 0 radical (unpaired) electrons. The molecule has 0 saturated heterocycles. The molecule has 0 aliphatic heterocycles. The van der Waals surface area contributed by atoms with Crippen LogP contribution in [0.1, 0.15) is 58.6 Å². The zero-order valence-corrected chi connectivity index (χ0v) is 13.7. The molecule has 2 unspecified atom stereocenters. The number of hydrogen-bond donors (Lipinski definition) is 1. The van der Waals surface area contributed by atoms with Crippen LogP contribution >= 0.6 is 0 Å². The summed E-state index contributed by atoms with van der Waals surface area (Å²) >= 11 is 0. The monoisotopic (exact) mass is 277 g/mol. The van der Waals surface area contributed by atoms with Gasteiger partial charge in [-0.3, -0.25) is 4.68 Å². The summed E-state index contributed by atoms with van der Waals surface area (Å²) in [7, 11) is 2.04. The number of nitrogens with zero attached hydrogens (tertiary/aromatic N) is 2. The molecule has 1 aromatic heterocycles. The van der Waals surface area contributed by atoms with E-state index in [1.807, 2.05) is 17.9 Å². The molecular weight excluding hydrogens is 246 g/mol. The minimum absolute atomic E-state index is 0.484. The summed E-state index contributed by atoms with van der Waals surface area (Å²) in [5, 5.41) is 8.04. The van der Waals surface area contributed by atoms with Gasteiger partial charge in [-0.2, -0.15) is 5.10 Å². The van der Waals surface area contributed by atoms with Crippen LogP contribution in [0.5, 0.6) is 0 Å². The second-order valence-electron chi connectivity index (χ2n) is 6.99. The van der Waals surface area contributed by atoms with Gasteiger partial charge in [-0.05, 0) is 49.6 Å². The van der Waals surface area contributed by atoms with Gasteiger partial charge in [-0.1, -0.05) is 33.6 Å². The third kappa shape index (κ3) is 3.63. The van der Waals surface area contributed by atoms with E-state index in [1.165, 1.54) is 37.8 Å². The van der Waals surface area contributed by atoms with Crippen molar-refractivity contribution in [1.29, 1.82) is 0 Å². The van der Waals surface area contributed by atoms with Crippen LogP contribution in [0.2, 0.25) is 0 Å². The molecule has 3 heteroatoms. The van der Waals surface area contributed by atoms with E-state index in [4.69, 9.17) is 0 Å². The quantitative estimate of drug-likeness (QED) is 0.862. The van der Waals surface area contributed by atoms with Gasteiger partial charge < -0.3 is 5.32 Å². The smallest absolute Gasteiger partial charge is 0.0492 e. The molecule has 20 heavy (non-hydrogen) atoms. The second kappa shape index (κ2) is 6.75. The molecule has 2 rings (SSSR count). The third-order valence-corrected chi connectivity index (χ3v) is 5.18. The van der Waals surface area contributed by atoms with E-state index in [-0.39, 0.29) is 0 Å². The van der Waals surface area contributed by atoms with E-state index in [0.717, 1.165) is 18.9 Å². The van der Waals surface area contributed by atoms with Crippen LogP contribution in [0.15, 0.2) is 12.3 Å². The lowest BCUT2D eigenvalue weighted by Gasteiger charge is -2.43. The lowest BCUT2D eigenvalue weighted by Crippen LogP contribution is -2.45. The standard InChI is InChI=1S/C17H31N3/c1-5-18-16(10-9-14-11-13-19-20(14)4)15-8-6-7-12-17(15,2)3/h11,13,15-16,18H,5-10,12H2,1-4H3. The number of nitrogens with one attached hydrogen (secondary N) is 1. The van der Waals surface area contributed by atoms with Crippen molar-refractivity contribution >= 4 is 0 Å². The van der Waals surface area contributed by atoms with Gasteiger partial charge in [0, 0.05) is 25.0 Å². The average molecular weight is 277 g/mol. The Hall–Kier alpha value is -0.830. The fourth-order valence-electron chi connectivity index (χ4n) is 3.92. The van der Waals surface area contributed by atoms with Crippen LogP contribution in [-0.2, 0) is 13.5 Å². The zero-order valence-electron chi connectivity index (χ0n) is 13.7. The fraction of sp³-hybridized carbons (Fsp3) is 0.824. The predicted molar refractivity (Wildman–Crippen MR) is 84.7 cm³/mol. The minimum Gasteiger partial charge on any atom is -0.314 e. The van der Waals surface area contributed by atoms with Crippen molar-refractivity contribution in [3.63, 3.8) is 0 Å². The summed E-state index contributed by atoms with van der Waals surface area (Å²) < 4.78 is 2.01. The van der Waals surface area contributed by atoms with E-state index in [1.54, 1.807) is 0 Å². The summed E-state index contributed by atoms with van der Waals surface area (Å²) in [5.41, 5.74) is 1.83. The van der Waals surface area contributed by atoms with Crippen LogP contribution in [0.4, 0.5) is 0 Å². The molecule has 1 saturated carbocycles. The van der Waals surface area contributed by atoms with E-state index in [2.05, 4.69) is 37.3 Å². The Balaban J connectivity index is 2.00. The predicted octanol–water partition coefficient (Wildman–Crippen LogP) is 3.55. The summed E-state index contributed by atoms with van der Waals surface area (Å²) in [4.78, 5) is 0. The fourth-order valence-corrected chi connectivity index (χ4v) is 3.92. The molecule has 1 aliphatic carbocycles. The molecule has 1 N–H and O–H groups in total. The number of aromatic nitrogens is 2. The van der Waals surface area contributed by atoms with Crippen molar-refractivity contribution in [2.75, 3.05) is 6.54 Å². The van der Waals surface area contributed by atoms with Gasteiger partial charge >= 0.3 is 0 Å². The molecule has 1 heterocycles. The highest BCUT2D eigenvalue weighted by molar-refractivity contribution is 5.01. The third-order valence-electron chi connectivity index (χ3n) is 5.18. The Morgan fingerprint density at radius 2 is 2.25 bits per heavy atom. The molecule has 0 amide bonds. The largest absolute Gasteiger partial charge is 0.314 e. The number of hydrogen-bond acceptors (Lipinski definition) is 2. The first-order chi connectivity index (χ1) is 9.54. The molecule has 1 aliphatic rings. The molecule has 0 aromatic carbocycles. The van der Waals surface area contributed by atoms with Crippen molar-refractivity contribution in [2.45, 2.75) is 65.3 Å². The van der Waals surface area contributed by atoms with Gasteiger partial charge in [-0.15, -0.1) is 0 Å². The lowest BCUT2D eigenvalue weighted by atomic mass is 9.65. The number of rotatable bonds is 6. The average Bonchev–Trinajstić information content (AvgIpc) is 2.80. The second-order valence-corrected chi connectivity index (χ2v) is 6.99. The molecule has 1 aromatic rings. The van der Waals surface area contributed by atoms with Crippen molar-refractivity contribution in [3.05, 3.63) is 18.0 Å². The van der Waals surface area contributed by atoms with Gasteiger partial charge in [0.2, 0.25) is 0 Å². The molecule has 0 bridgehead atoms. The number of aryl methyl sites for hydroxylation is 2. The highest BCUT2D eigenvalue weighted by Gasteiger charge is 2.36. The Kier molecular flexibility index (Phi) is 5.25. The van der Waals surface area contributed by atoms with Crippen molar-refractivity contribution in [2.24, 2.45) is 18.4 Å². The SMILES string of the molecule is CCNC(CCc1ccnn1C)C1CCCCC1(C)C. The van der Waals surface area contributed by atoms with Crippen LogP contribution < -0.4 is 5.32 Å². The van der Waals surface area contributed by atoms with E-state index in [9.17, 15) is 0 Å². The van der Waals surface area contributed by atoms with Gasteiger partial charge in [0.25, 0.3) is 0 Å². The maximum Gasteiger partial charge on any atom is 0.0492 e. The molecular formula is C17H31N3. The Labute approximate surface area is 124 Å². The van der Waals surface area contributed by atoms with Crippen LogP contribution in [-0.4, -0.2) is 22.4 Å². The Morgan fingerprint density at radius 1 is 1.45 bits per heavy atom. The first kappa shape index (κ1) is 15.6. The summed E-state index contributed by atoms with van der Waals surface area (Å²) in [6.07, 6.45) is 9.83. The lowest BCUT2D eigenvalue weighted by molar-refractivity contribution is 0.0952. The maximum absolute atomic E-state index is 4.28. The van der Waals surface area contributed by atoms with Gasteiger partial charge in [-0.25, -0.2) is 0 Å². The highest BCUT2D eigenvalue weighted by Crippen LogP contribution is 2.43. The summed E-state index contributed by atoms with van der Waals surface area (Å²) in [6.45, 7) is 8.23. The maximum atomic E-state index is 4.28. The van der Waals surface area contributed by atoms with Crippen LogP contribution in [0, 0.1) is 11.3 Å². The summed E-state index contributed by atoms with van der Waals surface area (Å²) in [5.74, 6) is 0.810. The Bertz CT molecular complexity index is 408.